The average molecular weight is 165 g/mol. The Morgan fingerprint density at radius 3 is 2.92 bits per heavy atom. The molecule has 0 spiro atoms. The van der Waals surface area contributed by atoms with Crippen LogP contribution in [0.15, 0.2) is 29.2 Å². The minimum atomic E-state index is -0.0567. The smallest absolute Gasteiger partial charge is 0.250 e. The molecule has 0 aromatic carbocycles. The number of aromatic nitrogens is 1. The zero-order valence-corrected chi connectivity index (χ0v) is 6.66. The minimum Gasteiger partial charge on any atom is -0.388 e. The summed E-state index contributed by atoms with van der Waals surface area (Å²) in [5.74, 6) is 0.103. The summed E-state index contributed by atoms with van der Waals surface area (Å²) >= 11 is 0. The van der Waals surface area contributed by atoms with Crippen molar-refractivity contribution in [3.05, 3.63) is 34.7 Å². The molecule has 0 saturated carbocycles. The highest BCUT2D eigenvalue weighted by molar-refractivity contribution is 5.76. The summed E-state index contributed by atoms with van der Waals surface area (Å²) in [6, 6.07) is 4.95. The fourth-order valence-electron chi connectivity index (χ4n) is 0.886. The van der Waals surface area contributed by atoms with Gasteiger partial charge in [0.2, 0.25) is 0 Å². The number of rotatable bonds is 3. The van der Waals surface area contributed by atoms with Crippen LogP contribution in [0.5, 0.6) is 0 Å². The van der Waals surface area contributed by atoms with E-state index in [1.54, 1.807) is 18.3 Å². The first kappa shape index (κ1) is 8.52. The molecule has 0 aliphatic carbocycles. The highest BCUT2D eigenvalue weighted by Gasteiger charge is 1.93. The van der Waals surface area contributed by atoms with Crippen molar-refractivity contribution in [3.8, 4) is 0 Å². The topological polar surface area (TPSA) is 71.9 Å². The van der Waals surface area contributed by atoms with Gasteiger partial charge in [-0.25, -0.2) is 0 Å². The summed E-state index contributed by atoms with van der Waals surface area (Å²) in [6.45, 7) is 0.481. The Balaban J connectivity index is 2.70. The van der Waals surface area contributed by atoms with Gasteiger partial charge in [-0.15, -0.1) is 0 Å². The lowest BCUT2D eigenvalue weighted by molar-refractivity contribution is 0.691. The van der Waals surface area contributed by atoms with Crippen molar-refractivity contribution in [1.29, 1.82) is 5.41 Å². The third kappa shape index (κ3) is 2.23. The number of pyridine rings is 1. The molecule has 3 N–H and O–H groups in total. The molecule has 0 amide bonds. The summed E-state index contributed by atoms with van der Waals surface area (Å²) in [4.78, 5) is 11.1. The molecule has 1 aromatic heterocycles. The third-order valence-corrected chi connectivity index (χ3v) is 1.52. The Labute approximate surface area is 70.1 Å². The van der Waals surface area contributed by atoms with Crippen LogP contribution in [-0.2, 0) is 6.54 Å². The normalized spacial score (nSPS) is 9.67. The molecule has 1 heterocycles. The number of nitrogens with two attached hydrogens (primary N) is 1. The first-order valence-electron chi connectivity index (χ1n) is 3.68. The van der Waals surface area contributed by atoms with Gasteiger partial charge in [0, 0.05) is 25.2 Å². The van der Waals surface area contributed by atoms with Gasteiger partial charge in [0.1, 0.15) is 0 Å². The van der Waals surface area contributed by atoms with Gasteiger partial charge in [0.05, 0.1) is 5.84 Å². The predicted molar refractivity (Wildman–Crippen MR) is 47.2 cm³/mol. The molecule has 0 aliphatic heterocycles. The lowest BCUT2D eigenvalue weighted by Gasteiger charge is -2.02. The molecule has 1 rings (SSSR count). The van der Waals surface area contributed by atoms with Crippen LogP contribution < -0.4 is 11.3 Å². The van der Waals surface area contributed by atoms with Crippen LogP contribution in [0.4, 0.5) is 0 Å². The van der Waals surface area contributed by atoms with E-state index in [0.717, 1.165) is 0 Å². The van der Waals surface area contributed by atoms with Gasteiger partial charge >= 0.3 is 0 Å². The van der Waals surface area contributed by atoms with E-state index in [0.29, 0.717) is 13.0 Å². The van der Waals surface area contributed by atoms with E-state index in [-0.39, 0.29) is 11.4 Å². The zero-order valence-electron chi connectivity index (χ0n) is 6.66. The summed E-state index contributed by atoms with van der Waals surface area (Å²) < 4.78 is 1.53. The Morgan fingerprint density at radius 1 is 1.58 bits per heavy atom. The van der Waals surface area contributed by atoms with Crippen LogP contribution in [0.2, 0.25) is 0 Å². The van der Waals surface area contributed by atoms with E-state index in [2.05, 4.69) is 0 Å². The fraction of sp³-hybridized carbons (Fsp3) is 0.250. The molecule has 0 fully saturated rings. The van der Waals surface area contributed by atoms with Crippen molar-refractivity contribution >= 4 is 5.84 Å². The molecule has 4 nitrogen and oxygen atoms in total. The van der Waals surface area contributed by atoms with Gasteiger partial charge in [-0.05, 0) is 6.07 Å². The fourth-order valence-corrected chi connectivity index (χ4v) is 0.886. The zero-order chi connectivity index (χ0) is 8.97. The number of hydrogen-bond donors (Lipinski definition) is 2. The van der Waals surface area contributed by atoms with Crippen LogP contribution >= 0.6 is 0 Å². The highest BCUT2D eigenvalue weighted by Crippen LogP contribution is 1.85. The van der Waals surface area contributed by atoms with Gasteiger partial charge in [-0.3, -0.25) is 10.2 Å². The number of aryl methyl sites for hydroxylation is 1. The van der Waals surface area contributed by atoms with E-state index < -0.39 is 0 Å². The molecular formula is C8H11N3O. The van der Waals surface area contributed by atoms with E-state index in [9.17, 15) is 4.79 Å². The second kappa shape index (κ2) is 3.71. The van der Waals surface area contributed by atoms with Gasteiger partial charge in [0.25, 0.3) is 5.56 Å². The Bertz CT molecular complexity index is 329. The molecule has 4 heteroatoms. The van der Waals surface area contributed by atoms with Gasteiger partial charge in [0.15, 0.2) is 0 Å². The maximum absolute atomic E-state index is 11.1. The molecule has 0 saturated heterocycles. The van der Waals surface area contributed by atoms with Crippen molar-refractivity contribution in [1.82, 2.24) is 4.57 Å². The molecule has 12 heavy (non-hydrogen) atoms. The lowest BCUT2D eigenvalue weighted by Crippen LogP contribution is -2.21. The first-order valence-corrected chi connectivity index (χ1v) is 3.68. The SMILES string of the molecule is N=C(N)CCn1ccccc1=O. The molecule has 0 unspecified atom stereocenters. The molecule has 0 atom stereocenters. The maximum atomic E-state index is 11.1. The van der Waals surface area contributed by atoms with E-state index in [1.165, 1.54) is 10.6 Å². The monoisotopic (exact) mass is 165 g/mol. The Morgan fingerprint density at radius 2 is 2.33 bits per heavy atom. The number of amidine groups is 1. The molecule has 1 aromatic rings. The van der Waals surface area contributed by atoms with E-state index >= 15 is 0 Å². The van der Waals surface area contributed by atoms with Crippen molar-refractivity contribution in [2.45, 2.75) is 13.0 Å². The van der Waals surface area contributed by atoms with Crippen molar-refractivity contribution in [2.24, 2.45) is 5.73 Å². The van der Waals surface area contributed by atoms with E-state index in [4.69, 9.17) is 11.1 Å². The van der Waals surface area contributed by atoms with Crippen molar-refractivity contribution in [2.75, 3.05) is 0 Å². The number of hydrogen-bond acceptors (Lipinski definition) is 2. The van der Waals surface area contributed by atoms with Crippen LogP contribution in [0, 0.1) is 5.41 Å². The van der Waals surface area contributed by atoms with Crippen molar-refractivity contribution < 1.29 is 0 Å². The van der Waals surface area contributed by atoms with Crippen LogP contribution in [0.3, 0.4) is 0 Å². The third-order valence-electron chi connectivity index (χ3n) is 1.52. The summed E-state index contributed by atoms with van der Waals surface area (Å²) in [5.41, 5.74) is 5.10. The summed E-state index contributed by atoms with van der Waals surface area (Å²) in [5, 5.41) is 6.98. The molecular weight excluding hydrogens is 154 g/mol. The highest BCUT2D eigenvalue weighted by atomic mass is 16.1. The quantitative estimate of drug-likeness (QED) is 0.495. The largest absolute Gasteiger partial charge is 0.388 e. The molecule has 0 radical (unpaired) electrons. The van der Waals surface area contributed by atoms with Crippen molar-refractivity contribution in [3.63, 3.8) is 0 Å². The molecule has 64 valence electrons. The Hall–Kier alpha value is -1.58. The summed E-state index contributed by atoms with van der Waals surface area (Å²) in [7, 11) is 0. The standard InChI is InChI=1S/C8H11N3O/c9-7(10)4-6-11-5-2-1-3-8(11)12/h1-3,5H,4,6H2,(H3,9,10). The van der Waals surface area contributed by atoms with Gasteiger partial charge in [-0.1, -0.05) is 6.07 Å². The van der Waals surface area contributed by atoms with Gasteiger partial charge < -0.3 is 10.3 Å². The van der Waals surface area contributed by atoms with Crippen LogP contribution in [0.1, 0.15) is 6.42 Å². The molecule has 0 bridgehead atoms. The van der Waals surface area contributed by atoms with Crippen LogP contribution in [-0.4, -0.2) is 10.4 Å². The number of nitrogens with zero attached hydrogens (tertiary/aromatic N) is 1. The second-order valence-electron chi connectivity index (χ2n) is 2.51. The van der Waals surface area contributed by atoms with E-state index in [1.807, 2.05) is 0 Å². The lowest BCUT2D eigenvalue weighted by atomic mass is 10.4. The maximum Gasteiger partial charge on any atom is 0.250 e. The average Bonchev–Trinajstić information content (AvgIpc) is 2.03. The molecule has 0 aliphatic rings. The second-order valence-corrected chi connectivity index (χ2v) is 2.51. The Kier molecular flexibility index (Phi) is 2.63. The predicted octanol–water partition coefficient (Wildman–Crippen LogP) is 0.174. The number of nitrogens with one attached hydrogen (secondary N) is 1. The van der Waals surface area contributed by atoms with Crippen LogP contribution in [0.25, 0.3) is 0 Å². The van der Waals surface area contributed by atoms with Gasteiger partial charge in [-0.2, -0.15) is 0 Å². The summed E-state index contributed by atoms with van der Waals surface area (Å²) in [6.07, 6.45) is 2.11. The minimum absolute atomic E-state index is 0.0567. The first-order chi connectivity index (χ1) is 5.70.